The molecule has 1 amide bonds. The molecule has 2 aromatic carbocycles. The van der Waals surface area contributed by atoms with E-state index in [2.05, 4.69) is 15.7 Å². The lowest BCUT2D eigenvalue weighted by molar-refractivity contribution is -0.137. The number of aryl methyl sites for hydroxylation is 1. The molecule has 5 rings (SSSR count). The van der Waals surface area contributed by atoms with E-state index in [0.29, 0.717) is 30.5 Å². The van der Waals surface area contributed by atoms with Crippen molar-refractivity contribution in [2.24, 2.45) is 7.05 Å². The fraction of sp³-hybridized carbons (Fsp3) is 0.423. The molecule has 1 aliphatic heterocycles. The van der Waals surface area contributed by atoms with E-state index in [1.807, 2.05) is 17.7 Å². The molecule has 1 aromatic heterocycles. The molecule has 0 radical (unpaired) electrons. The Bertz CT molecular complexity index is 1460. The molecule has 198 valence electrons. The van der Waals surface area contributed by atoms with Crippen molar-refractivity contribution in [1.29, 1.82) is 0 Å². The van der Waals surface area contributed by atoms with Crippen LogP contribution in [0.15, 0.2) is 42.5 Å². The summed E-state index contributed by atoms with van der Waals surface area (Å²) in [6.45, 7) is 1.90. The normalized spacial score (nSPS) is 17.9. The average molecular weight is 554 g/mol. The van der Waals surface area contributed by atoms with Gasteiger partial charge >= 0.3 is 6.18 Å². The third-order valence-electron chi connectivity index (χ3n) is 7.29. The van der Waals surface area contributed by atoms with Crippen LogP contribution in [0.3, 0.4) is 0 Å². The lowest BCUT2D eigenvalue weighted by Gasteiger charge is -2.32. The summed E-state index contributed by atoms with van der Waals surface area (Å²) in [7, 11) is -1.69. The maximum absolute atomic E-state index is 13.2. The smallest absolute Gasteiger partial charge is 0.347 e. The van der Waals surface area contributed by atoms with Crippen molar-refractivity contribution in [1.82, 2.24) is 14.2 Å². The largest absolute Gasteiger partial charge is 0.417 e. The highest BCUT2D eigenvalue weighted by atomic mass is 35.5. The summed E-state index contributed by atoms with van der Waals surface area (Å²) in [5, 5.41) is 0.192. The summed E-state index contributed by atoms with van der Waals surface area (Å²) < 4.78 is 68.1. The molecule has 6 nitrogen and oxygen atoms in total. The second kappa shape index (κ2) is 9.63. The van der Waals surface area contributed by atoms with E-state index in [9.17, 15) is 26.4 Å². The number of piperidine rings is 1. The topological polar surface area (TPSA) is 71.4 Å². The zero-order chi connectivity index (χ0) is 26.5. The third kappa shape index (κ3) is 5.51. The van der Waals surface area contributed by atoms with E-state index in [0.717, 1.165) is 48.6 Å². The van der Waals surface area contributed by atoms with Gasteiger partial charge in [-0.3, -0.25) is 9.69 Å². The van der Waals surface area contributed by atoms with Crippen molar-refractivity contribution in [3.05, 3.63) is 69.9 Å². The van der Waals surface area contributed by atoms with Crippen LogP contribution in [-0.2, 0) is 29.8 Å². The molecule has 11 heteroatoms. The highest BCUT2D eigenvalue weighted by Gasteiger charge is 2.37. The number of sulfonamides is 1. The number of fused-ring (bicyclic) bond motifs is 1. The Morgan fingerprint density at radius 2 is 1.76 bits per heavy atom. The highest BCUT2D eigenvalue weighted by molar-refractivity contribution is 7.91. The van der Waals surface area contributed by atoms with Gasteiger partial charge in [0.2, 0.25) is 10.0 Å². The number of likely N-dealkylation sites (tertiary alicyclic amines) is 1. The van der Waals surface area contributed by atoms with E-state index >= 15 is 0 Å². The number of carbonyl (C=O) groups excluding carboxylic acids is 1. The molecule has 0 unspecified atom stereocenters. The number of nitrogens with zero attached hydrogens (tertiary/aromatic N) is 2. The first-order valence-corrected chi connectivity index (χ1v) is 14.1. The predicted molar refractivity (Wildman–Crippen MR) is 136 cm³/mol. The Kier molecular flexibility index (Phi) is 6.79. The third-order valence-corrected chi connectivity index (χ3v) is 9.44. The molecule has 3 aromatic rings. The van der Waals surface area contributed by atoms with Crippen LogP contribution in [0.4, 0.5) is 13.2 Å². The first-order valence-electron chi connectivity index (χ1n) is 12.2. The van der Waals surface area contributed by atoms with Crippen molar-refractivity contribution in [3.63, 3.8) is 0 Å². The van der Waals surface area contributed by atoms with Crippen molar-refractivity contribution >= 4 is 38.4 Å². The number of hydrogen-bond acceptors (Lipinski definition) is 4. The lowest BCUT2D eigenvalue weighted by atomic mass is 9.93. The number of alkyl halides is 3. The minimum absolute atomic E-state index is 0.261. The lowest BCUT2D eigenvalue weighted by Crippen LogP contribution is -2.33. The van der Waals surface area contributed by atoms with Crippen LogP contribution in [0.25, 0.3) is 10.9 Å². The Morgan fingerprint density at radius 1 is 1.05 bits per heavy atom. The number of amides is 1. The van der Waals surface area contributed by atoms with Crippen molar-refractivity contribution in [2.45, 2.75) is 49.6 Å². The van der Waals surface area contributed by atoms with E-state index < -0.39 is 32.9 Å². The molecule has 37 heavy (non-hydrogen) atoms. The van der Waals surface area contributed by atoms with E-state index in [4.69, 9.17) is 11.6 Å². The van der Waals surface area contributed by atoms with Crippen LogP contribution in [0, 0.1) is 0 Å². The molecular weight excluding hydrogens is 527 g/mol. The SMILES string of the molecule is Cn1c(C2CCN(Cc3ccc(Cl)c(C(F)(F)F)c3)CC2)cc2ccc(C(=O)NS(=O)(=O)C3CC3)cc21. The van der Waals surface area contributed by atoms with Crippen LogP contribution >= 0.6 is 11.6 Å². The fourth-order valence-electron chi connectivity index (χ4n) is 5.07. The highest BCUT2D eigenvalue weighted by Crippen LogP contribution is 2.36. The van der Waals surface area contributed by atoms with E-state index in [1.165, 1.54) is 6.07 Å². The molecule has 0 spiro atoms. The van der Waals surface area contributed by atoms with E-state index in [1.54, 1.807) is 18.2 Å². The Morgan fingerprint density at radius 3 is 2.41 bits per heavy atom. The van der Waals surface area contributed by atoms with Gasteiger partial charge < -0.3 is 4.57 Å². The van der Waals surface area contributed by atoms with Crippen LogP contribution in [0.1, 0.15) is 58.8 Å². The Labute approximate surface area is 218 Å². The number of halogens is 4. The van der Waals surface area contributed by atoms with Gasteiger partial charge in [0.15, 0.2) is 0 Å². The summed E-state index contributed by atoms with van der Waals surface area (Å²) in [5.74, 6) is -0.363. The summed E-state index contributed by atoms with van der Waals surface area (Å²) >= 11 is 5.74. The van der Waals surface area contributed by atoms with Gasteiger partial charge in [-0.2, -0.15) is 13.2 Å². The fourth-order valence-corrected chi connectivity index (χ4v) is 6.59. The maximum atomic E-state index is 13.2. The van der Waals surface area contributed by atoms with E-state index in [-0.39, 0.29) is 10.9 Å². The summed E-state index contributed by atoms with van der Waals surface area (Å²) in [6, 6.07) is 11.3. The van der Waals surface area contributed by atoms with Crippen LogP contribution in [0.5, 0.6) is 0 Å². The second-order valence-electron chi connectivity index (χ2n) is 9.94. The second-order valence-corrected chi connectivity index (χ2v) is 12.3. The maximum Gasteiger partial charge on any atom is 0.417 e. The van der Waals surface area contributed by atoms with Crippen molar-refractivity contribution in [2.75, 3.05) is 13.1 Å². The molecule has 1 N–H and O–H groups in total. The van der Waals surface area contributed by atoms with Crippen LogP contribution in [-0.4, -0.2) is 42.1 Å². The molecule has 1 saturated carbocycles. The van der Waals surface area contributed by atoms with Crippen molar-refractivity contribution < 1.29 is 26.4 Å². The van der Waals surface area contributed by atoms with Gasteiger partial charge in [-0.05, 0) is 80.1 Å². The average Bonchev–Trinajstić information content (AvgIpc) is 3.65. The first-order chi connectivity index (χ1) is 17.4. The Hall–Kier alpha value is -2.56. The molecule has 2 fully saturated rings. The molecule has 2 aliphatic rings. The monoisotopic (exact) mass is 553 g/mol. The standard InChI is InChI=1S/C26H27ClF3N3O3S/c1-32-23(13-18-3-4-19(14-24(18)32)25(34)31-37(35,36)20-5-6-20)17-8-10-33(11-9-17)15-16-2-7-22(27)21(12-16)26(28,29)30/h2-4,7,12-14,17,20H,5-6,8-11,15H2,1H3,(H,31,34). The molecule has 0 bridgehead atoms. The number of aromatic nitrogens is 1. The molecule has 0 atom stereocenters. The van der Waals surface area contributed by atoms with Crippen molar-refractivity contribution in [3.8, 4) is 0 Å². The number of nitrogens with one attached hydrogen (secondary N) is 1. The van der Waals surface area contributed by atoms with Gasteiger partial charge in [0.1, 0.15) is 0 Å². The van der Waals surface area contributed by atoms with Crippen LogP contribution < -0.4 is 4.72 Å². The van der Waals surface area contributed by atoms with Gasteiger partial charge in [0, 0.05) is 36.3 Å². The van der Waals surface area contributed by atoms with Gasteiger partial charge in [-0.1, -0.05) is 23.7 Å². The van der Waals surface area contributed by atoms with Crippen LogP contribution in [0.2, 0.25) is 5.02 Å². The first kappa shape index (κ1) is 26.1. The zero-order valence-electron chi connectivity index (χ0n) is 20.2. The van der Waals surface area contributed by atoms with Gasteiger partial charge in [-0.25, -0.2) is 13.1 Å². The van der Waals surface area contributed by atoms with Gasteiger partial charge in [-0.15, -0.1) is 0 Å². The van der Waals surface area contributed by atoms with Gasteiger partial charge in [0.25, 0.3) is 5.91 Å². The molecule has 1 aliphatic carbocycles. The number of benzene rings is 2. The molecule has 1 saturated heterocycles. The summed E-state index contributed by atoms with van der Waals surface area (Å²) in [6.07, 6.45) is -1.64. The quantitative estimate of drug-likeness (QED) is 0.440. The van der Waals surface area contributed by atoms with Gasteiger partial charge in [0.05, 0.1) is 15.8 Å². The Balaban J connectivity index is 1.26. The molecule has 2 heterocycles. The zero-order valence-corrected chi connectivity index (χ0v) is 21.8. The number of carbonyl (C=O) groups is 1. The minimum Gasteiger partial charge on any atom is -0.347 e. The predicted octanol–water partition coefficient (Wildman–Crippen LogP) is 5.45. The minimum atomic E-state index is -4.49. The summed E-state index contributed by atoms with van der Waals surface area (Å²) in [5.41, 5.74) is 2.02. The molecular formula is C26H27ClF3N3O3S. The summed E-state index contributed by atoms with van der Waals surface area (Å²) in [4.78, 5) is 14.7. The number of rotatable bonds is 6. The number of hydrogen-bond donors (Lipinski definition) is 1.